The quantitative estimate of drug-likeness (QED) is 0.318. The molecule has 0 spiro atoms. The lowest BCUT2D eigenvalue weighted by atomic mass is 9.95. The summed E-state index contributed by atoms with van der Waals surface area (Å²) in [7, 11) is 0. The van der Waals surface area contributed by atoms with Crippen LogP contribution in [0.1, 0.15) is 57.8 Å². The fourth-order valence-corrected chi connectivity index (χ4v) is 4.57. The molecule has 1 aliphatic rings. The zero-order valence-electron chi connectivity index (χ0n) is 16.5. The van der Waals surface area contributed by atoms with E-state index in [-0.39, 0.29) is 23.6 Å². The second-order valence-corrected chi connectivity index (χ2v) is 7.73. The third-order valence-corrected chi connectivity index (χ3v) is 5.76. The number of anilines is 1. The number of non-ortho nitro benzene ring substituents is 1. The molecule has 0 unspecified atom stereocenters. The molecule has 0 saturated carbocycles. The van der Waals surface area contributed by atoms with Crippen molar-refractivity contribution in [1.29, 1.82) is 0 Å². The molecule has 0 fully saturated rings. The Labute approximate surface area is 176 Å². The van der Waals surface area contributed by atoms with Gasteiger partial charge in [-0.2, -0.15) is 0 Å². The zero-order chi connectivity index (χ0) is 21.8. The first-order chi connectivity index (χ1) is 14.3. The summed E-state index contributed by atoms with van der Waals surface area (Å²) < 4.78 is 10.2. The zero-order valence-corrected chi connectivity index (χ0v) is 17.3. The van der Waals surface area contributed by atoms with Crippen LogP contribution in [-0.2, 0) is 22.4 Å². The smallest absolute Gasteiger partial charge is 0.341 e. The summed E-state index contributed by atoms with van der Waals surface area (Å²) in [5, 5.41) is 14.1. The minimum absolute atomic E-state index is 0.107. The van der Waals surface area contributed by atoms with Crippen molar-refractivity contribution in [2.75, 3.05) is 11.9 Å². The molecule has 1 heterocycles. The van der Waals surface area contributed by atoms with E-state index in [0.29, 0.717) is 17.0 Å². The van der Waals surface area contributed by atoms with Crippen molar-refractivity contribution in [3.8, 4) is 5.75 Å². The highest BCUT2D eigenvalue weighted by molar-refractivity contribution is 7.17. The molecule has 0 radical (unpaired) electrons. The molecule has 10 heteroatoms. The molecule has 2 aromatic rings. The van der Waals surface area contributed by atoms with E-state index in [1.165, 1.54) is 17.4 Å². The number of rotatable bonds is 6. The molecule has 1 aromatic heterocycles. The van der Waals surface area contributed by atoms with Gasteiger partial charge in [-0.25, -0.2) is 4.79 Å². The standard InChI is InChI=1S/C20H20N2O7S/c1-3-28-20(25)17-13-6-4-5-7-16(13)30-19(17)21-18(24)14-10-12(22(26)27)8-9-15(14)29-11(2)23/h8-10H,3-7H2,1-2H3,(H,21,24). The van der Waals surface area contributed by atoms with E-state index in [0.717, 1.165) is 48.8 Å². The number of thiophene rings is 1. The summed E-state index contributed by atoms with van der Waals surface area (Å²) in [4.78, 5) is 48.4. The summed E-state index contributed by atoms with van der Waals surface area (Å²) in [6.07, 6.45) is 3.44. The fourth-order valence-electron chi connectivity index (χ4n) is 3.30. The van der Waals surface area contributed by atoms with Crippen LogP contribution in [-0.4, -0.2) is 29.4 Å². The maximum atomic E-state index is 13.0. The van der Waals surface area contributed by atoms with Gasteiger partial charge in [0, 0.05) is 23.9 Å². The predicted molar refractivity (Wildman–Crippen MR) is 109 cm³/mol. The number of nitrogens with zero attached hydrogens (tertiary/aromatic N) is 1. The van der Waals surface area contributed by atoms with Crippen LogP contribution in [0.5, 0.6) is 5.75 Å². The maximum absolute atomic E-state index is 13.0. The van der Waals surface area contributed by atoms with Crippen molar-refractivity contribution in [3.05, 3.63) is 49.9 Å². The number of amides is 1. The summed E-state index contributed by atoms with van der Waals surface area (Å²) >= 11 is 1.29. The van der Waals surface area contributed by atoms with Crippen molar-refractivity contribution in [2.24, 2.45) is 0 Å². The lowest BCUT2D eigenvalue weighted by Gasteiger charge is -2.12. The number of carbonyl (C=O) groups excluding carboxylic acids is 3. The first kappa shape index (κ1) is 21.4. The van der Waals surface area contributed by atoms with Crippen LogP contribution in [0.25, 0.3) is 0 Å². The Hall–Kier alpha value is -3.27. The Morgan fingerprint density at radius 3 is 2.63 bits per heavy atom. The summed E-state index contributed by atoms with van der Waals surface area (Å²) in [5.74, 6) is -2.02. The lowest BCUT2D eigenvalue weighted by molar-refractivity contribution is -0.384. The molecule has 0 saturated heterocycles. The number of hydrogen-bond donors (Lipinski definition) is 1. The van der Waals surface area contributed by atoms with Gasteiger partial charge in [0.25, 0.3) is 11.6 Å². The van der Waals surface area contributed by atoms with E-state index in [4.69, 9.17) is 9.47 Å². The van der Waals surface area contributed by atoms with Crippen molar-refractivity contribution in [2.45, 2.75) is 39.5 Å². The Morgan fingerprint density at radius 2 is 1.97 bits per heavy atom. The predicted octanol–water partition coefficient (Wildman–Crippen LogP) is 3.89. The fraction of sp³-hybridized carbons (Fsp3) is 0.350. The van der Waals surface area contributed by atoms with Gasteiger partial charge < -0.3 is 14.8 Å². The molecule has 9 nitrogen and oxygen atoms in total. The molecule has 3 rings (SSSR count). The average molecular weight is 432 g/mol. The highest BCUT2D eigenvalue weighted by Gasteiger charge is 2.28. The van der Waals surface area contributed by atoms with Crippen LogP contribution in [0, 0.1) is 10.1 Å². The van der Waals surface area contributed by atoms with Crippen LogP contribution >= 0.6 is 11.3 Å². The van der Waals surface area contributed by atoms with E-state index < -0.39 is 22.8 Å². The molecule has 0 bridgehead atoms. The Morgan fingerprint density at radius 1 is 1.23 bits per heavy atom. The van der Waals surface area contributed by atoms with Gasteiger partial charge in [-0.1, -0.05) is 0 Å². The van der Waals surface area contributed by atoms with E-state index in [2.05, 4.69) is 5.32 Å². The van der Waals surface area contributed by atoms with Gasteiger partial charge in [0.1, 0.15) is 10.8 Å². The Balaban J connectivity index is 2.00. The summed E-state index contributed by atoms with van der Waals surface area (Å²) in [6.45, 7) is 3.05. The number of ether oxygens (including phenoxy) is 2. The normalized spacial score (nSPS) is 12.6. The minimum atomic E-state index is -0.723. The van der Waals surface area contributed by atoms with Crippen molar-refractivity contribution in [3.63, 3.8) is 0 Å². The molecule has 0 aliphatic heterocycles. The van der Waals surface area contributed by atoms with Gasteiger partial charge in [0.05, 0.1) is 22.7 Å². The topological polar surface area (TPSA) is 125 Å². The van der Waals surface area contributed by atoms with Gasteiger partial charge in [0.15, 0.2) is 0 Å². The molecule has 158 valence electrons. The van der Waals surface area contributed by atoms with E-state index in [9.17, 15) is 24.5 Å². The number of esters is 2. The van der Waals surface area contributed by atoms with Crippen LogP contribution < -0.4 is 10.1 Å². The second kappa shape index (κ2) is 9.04. The van der Waals surface area contributed by atoms with Crippen LogP contribution in [0.15, 0.2) is 18.2 Å². The number of aryl methyl sites for hydroxylation is 1. The Kier molecular flexibility index (Phi) is 6.46. The van der Waals surface area contributed by atoms with Crippen LogP contribution in [0.3, 0.4) is 0 Å². The number of hydrogen-bond acceptors (Lipinski definition) is 8. The number of nitro groups is 1. The Bertz CT molecular complexity index is 1030. The minimum Gasteiger partial charge on any atom is -0.462 e. The molecule has 1 aromatic carbocycles. The molecule has 0 atom stereocenters. The monoisotopic (exact) mass is 432 g/mol. The molecule has 30 heavy (non-hydrogen) atoms. The van der Waals surface area contributed by atoms with Crippen molar-refractivity contribution < 1.29 is 28.8 Å². The number of benzene rings is 1. The highest BCUT2D eigenvalue weighted by Crippen LogP contribution is 2.39. The van der Waals surface area contributed by atoms with Gasteiger partial charge in [-0.3, -0.25) is 19.7 Å². The first-order valence-electron chi connectivity index (χ1n) is 9.41. The van der Waals surface area contributed by atoms with Gasteiger partial charge in [0.2, 0.25) is 0 Å². The van der Waals surface area contributed by atoms with Gasteiger partial charge in [-0.15, -0.1) is 11.3 Å². The summed E-state index contributed by atoms with van der Waals surface area (Å²) in [6, 6.07) is 3.37. The molecular formula is C20H20N2O7S. The molecular weight excluding hydrogens is 412 g/mol. The maximum Gasteiger partial charge on any atom is 0.341 e. The van der Waals surface area contributed by atoms with E-state index >= 15 is 0 Å². The third-order valence-electron chi connectivity index (χ3n) is 4.55. The number of nitro benzene ring substituents is 1. The molecule has 1 aliphatic carbocycles. The largest absolute Gasteiger partial charge is 0.462 e. The molecule has 1 N–H and O–H groups in total. The first-order valence-corrected chi connectivity index (χ1v) is 10.2. The lowest BCUT2D eigenvalue weighted by Crippen LogP contribution is -2.17. The van der Waals surface area contributed by atoms with Crippen LogP contribution in [0.4, 0.5) is 10.7 Å². The number of carbonyl (C=O) groups is 3. The van der Waals surface area contributed by atoms with Gasteiger partial charge in [-0.05, 0) is 44.2 Å². The van der Waals surface area contributed by atoms with Crippen molar-refractivity contribution >= 4 is 39.9 Å². The summed E-state index contributed by atoms with van der Waals surface area (Å²) in [5.41, 5.74) is 0.691. The third kappa shape index (κ3) is 4.48. The average Bonchev–Trinajstić information content (AvgIpc) is 3.05. The number of nitrogens with one attached hydrogen (secondary N) is 1. The van der Waals surface area contributed by atoms with Crippen LogP contribution in [0.2, 0.25) is 0 Å². The number of fused-ring (bicyclic) bond motifs is 1. The second-order valence-electron chi connectivity index (χ2n) is 6.62. The molecule has 1 amide bonds. The van der Waals surface area contributed by atoms with Crippen molar-refractivity contribution in [1.82, 2.24) is 0 Å². The van der Waals surface area contributed by atoms with E-state index in [1.807, 2.05) is 0 Å². The highest BCUT2D eigenvalue weighted by atomic mass is 32.1. The van der Waals surface area contributed by atoms with Gasteiger partial charge >= 0.3 is 11.9 Å². The SMILES string of the molecule is CCOC(=O)c1c(NC(=O)c2cc([N+](=O)[O-])ccc2OC(C)=O)sc2c1CCCC2. The van der Waals surface area contributed by atoms with E-state index in [1.54, 1.807) is 6.92 Å².